The first-order valence-electron chi connectivity index (χ1n) is 8.55. The van der Waals surface area contributed by atoms with Gasteiger partial charge < -0.3 is 14.8 Å². The van der Waals surface area contributed by atoms with E-state index in [9.17, 15) is 19.2 Å². The number of nitrogens with one attached hydrogen (secondary N) is 1. The van der Waals surface area contributed by atoms with Gasteiger partial charge in [0.25, 0.3) is 17.7 Å². The molecule has 0 radical (unpaired) electrons. The second-order valence-corrected chi connectivity index (χ2v) is 5.97. The van der Waals surface area contributed by atoms with Crippen LogP contribution >= 0.6 is 0 Å². The lowest BCUT2D eigenvalue weighted by atomic mass is 10.1. The molecule has 0 bridgehead atoms. The molecule has 0 aromatic heterocycles. The Morgan fingerprint density at radius 1 is 0.964 bits per heavy atom. The molecular formula is C20H18N2O6. The van der Waals surface area contributed by atoms with E-state index in [1.54, 1.807) is 48.5 Å². The first-order valence-corrected chi connectivity index (χ1v) is 8.55. The number of ether oxygens (including phenoxy) is 2. The number of hydrogen-bond donors (Lipinski definition) is 1. The molecule has 3 amide bonds. The van der Waals surface area contributed by atoms with Crippen LogP contribution in [0.5, 0.6) is 5.75 Å². The first kappa shape index (κ1) is 19.1. The summed E-state index contributed by atoms with van der Waals surface area (Å²) in [5.41, 5.74) is 1.09. The van der Waals surface area contributed by atoms with Crippen molar-refractivity contribution in [1.29, 1.82) is 0 Å². The van der Waals surface area contributed by atoms with Crippen molar-refractivity contribution in [3.63, 3.8) is 0 Å². The Labute approximate surface area is 161 Å². The average Bonchev–Trinajstić information content (AvgIpc) is 2.95. The number of methoxy groups -OCH3 is 1. The van der Waals surface area contributed by atoms with Gasteiger partial charge in [-0.05, 0) is 24.3 Å². The summed E-state index contributed by atoms with van der Waals surface area (Å²) in [6.07, 6.45) is -0.201. The van der Waals surface area contributed by atoms with E-state index in [1.165, 1.54) is 7.11 Å². The van der Waals surface area contributed by atoms with Crippen molar-refractivity contribution >= 4 is 29.4 Å². The maximum Gasteiger partial charge on any atom is 0.308 e. The third kappa shape index (κ3) is 4.01. The molecule has 1 aliphatic heterocycles. The van der Waals surface area contributed by atoms with Gasteiger partial charge in [-0.25, -0.2) is 0 Å². The number of imide groups is 1. The third-order valence-corrected chi connectivity index (χ3v) is 4.16. The Bertz CT molecular complexity index is 905. The zero-order valence-electron chi connectivity index (χ0n) is 15.1. The van der Waals surface area contributed by atoms with E-state index >= 15 is 0 Å². The molecule has 0 spiro atoms. The van der Waals surface area contributed by atoms with Gasteiger partial charge in [0, 0.05) is 6.54 Å². The minimum atomic E-state index is -0.688. The van der Waals surface area contributed by atoms with Gasteiger partial charge in [-0.2, -0.15) is 0 Å². The Hall–Kier alpha value is -3.68. The highest BCUT2D eigenvalue weighted by atomic mass is 16.5. The molecule has 0 saturated carbocycles. The topological polar surface area (TPSA) is 102 Å². The maximum absolute atomic E-state index is 12.2. The quantitative estimate of drug-likeness (QED) is 0.579. The van der Waals surface area contributed by atoms with Crippen molar-refractivity contribution in [2.45, 2.75) is 6.42 Å². The number of anilines is 1. The summed E-state index contributed by atoms with van der Waals surface area (Å²) in [5.74, 6) is -1.62. The predicted octanol–water partition coefficient (Wildman–Crippen LogP) is 1.86. The predicted molar refractivity (Wildman–Crippen MR) is 99.0 cm³/mol. The fourth-order valence-electron chi connectivity index (χ4n) is 2.80. The summed E-state index contributed by atoms with van der Waals surface area (Å²) in [4.78, 5) is 49.3. The van der Waals surface area contributed by atoms with E-state index in [0.717, 1.165) is 4.90 Å². The summed E-state index contributed by atoms with van der Waals surface area (Å²) in [6, 6.07) is 13.3. The zero-order valence-corrected chi connectivity index (χ0v) is 15.1. The number of amides is 3. The molecule has 2 aromatic rings. The molecule has 0 aliphatic carbocycles. The number of hydrogen-bond acceptors (Lipinski definition) is 6. The Morgan fingerprint density at radius 2 is 1.57 bits per heavy atom. The molecule has 1 N–H and O–H groups in total. The molecule has 8 heteroatoms. The normalized spacial score (nSPS) is 12.5. The lowest BCUT2D eigenvalue weighted by Crippen LogP contribution is -2.32. The summed E-state index contributed by atoms with van der Waals surface area (Å²) in [5, 5.41) is 2.58. The summed E-state index contributed by atoms with van der Waals surface area (Å²) >= 11 is 0. The number of rotatable bonds is 7. The molecule has 0 unspecified atom stereocenters. The van der Waals surface area contributed by atoms with E-state index in [2.05, 4.69) is 5.32 Å². The lowest BCUT2D eigenvalue weighted by molar-refractivity contribution is -0.147. The van der Waals surface area contributed by atoms with E-state index in [0.29, 0.717) is 22.6 Å². The molecule has 0 fully saturated rings. The van der Waals surface area contributed by atoms with Crippen LogP contribution < -0.4 is 10.1 Å². The molecule has 0 saturated heterocycles. The number of fused-ring (bicyclic) bond motifs is 1. The SMILES string of the molecule is COc1ccccc1NC(=O)COC(=O)CCN1C(=O)c2ccccc2C1=O. The highest BCUT2D eigenvalue weighted by Crippen LogP contribution is 2.23. The monoisotopic (exact) mass is 382 g/mol. The number of esters is 1. The Morgan fingerprint density at radius 3 is 2.21 bits per heavy atom. The second-order valence-electron chi connectivity index (χ2n) is 5.97. The minimum absolute atomic E-state index is 0.112. The third-order valence-electron chi connectivity index (χ3n) is 4.16. The number of para-hydroxylation sites is 2. The van der Waals surface area contributed by atoms with Crippen LogP contribution in [0.1, 0.15) is 27.1 Å². The standard InChI is InChI=1S/C20H18N2O6/c1-27-16-9-5-4-8-15(16)21-17(23)12-28-18(24)10-11-22-19(25)13-6-2-3-7-14(13)20(22)26/h2-9H,10-12H2,1H3,(H,21,23). The molecule has 3 rings (SSSR count). The lowest BCUT2D eigenvalue weighted by Gasteiger charge is -2.13. The van der Waals surface area contributed by atoms with Crippen molar-refractivity contribution < 1.29 is 28.7 Å². The fraction of sp³-hybridized carbons (Fsp3) is 0.200. The summed E-state index contributed by atoms with van der Waals surface area (Å²) < 4.78 is 10.0. The van der Waals surface area contributed by atoms with Gasteiger partial charge in [0.05, 0.1) is 30.3 Å². The van der Waals surface area contributed by atoms with Crippen LogP contribution in [0.2, 0.25) is 0 Å². The summed E-state index contributed by atoms with van der Waals surface area (Å²) in [7, 11) is 1.48. The average molecular weight is 382 g/mol. The van der Waals surface area contributed by atoms with Gasteiger partial charge in [0.1, 0.15) is 5.75 Å². The Balaban J connectivity index is 1.47. The van der Waals surface area contributed by atoms with Crippen LogP contribution in [0, 0.1) is 0 Å². The van der Waals surface area contributed by atoms with Gasteiger partial charge in [0.15, 0.2) is 6.61 Å². The van der Waals surface area contributed by atoms with Crippen LogP contribution in [-0.2, 0) is 14.3 Å². The number of carbonyl (C=O) groups excluding carboxylic acids is 4. The van der Waals surface area contributed by atoms with Crippen molar-refractivity contribution in [2.24, 2.45) is 0 Å². The van der Waals surface area contributed by atoms with Gasteiger partial charge in [0.2, 0.25) is 0 Å². The Kier molecular flexibility index (Phi) is 5.69. The molecule has 1 heterocycles. The van der Waals surface area contributed by atoms with E-state index in [1.807, 2.05) is 0 Å². The highest BCUT2D eigenvalue weighted by Gasteiger charge is 2.35. The van der Waals surface area contributed by atoms with Crippen molar-refractivity contribution in [3.05, 3.63) is 59.7 Å². The smallest absolute Gasteiger partial charge is 0.308 e. The molecule has 0 atom stereocenters. The van der Waals surface area contributed by atoms with Gasteiger partial charge >= 0.3 is 5.97 Å². The van der Waals surface area contributed by atoms with Gasteiger partial charge in [-0.1, -0.05) is 24.3 Å². The molecular weight excluding hydrogens is 364 g/mol. The number of carbonyl (C=O) groups is 4. The number of benzene rings is 2. The van der Waals surface area contributed by atoms with Gasteiger partial charge in [-0.15, -0.1) is 0 Å². The van der Waals surface area contributed by atoms with Crippen LogP contribution in [-0.4, -0.2) is 48.9 Å². The van der Waals surface area contributed by atoms with Gasteiger partial charge in [-0.3, -0.25) is 24.1 Å². The van der Waals surface area contributed by atoms with E-state index in [-0.39, 0.29) is 13.0 Å². The first-order chi connectivity index (χ1) is 13.5. The largest absolute Gasteiger partial charge is 0.495 e. The van der Waals surface area contributed by atoms with Crippen molar-refractivity contribution in [2.75, 3.05) is 25.6 Å². The van der Waals surface area contributed by atoms with Crippen LogP contribution in [0.3, 0.4) is 0 Å². The molecule has 144 valence electrons. The van der Waals surface area contributed by atoms with Crippen molar-refractivity contribution in [1.82, 2.24) is 4.90 Å². The maximum atomic E-state index is 12.2. The second kappa shape index (κ2) is 8.34. The van der Waals surface area contributed by atoms with Crippen LogP contribution in [0.4, 0.5) is 5.69 Å². The summed E-state index contributed by atoms with van der Waals surface area (Å²) in [6.45, 7) is -0.599. The molecule has 28 heavy (non-hydrogen) atoms. The molecule has 2 aromatic carbocycles. The van der Waals surface area contributed by atoms with E-state index in [4.69, 9.17) is 9.47 Å². The van der Waals surface area contributed by atoms with Crippen molar-refractivity contribution in [3.8, 4) is 5.75 Å². The van der Waals surface area contributed by atoms with E-state index < -0.39 is 30.3 Å². The fourth-order valence-corrected chi connectivity index (χ4v) is 2.80. The minimum Gasteiger partial charge on any atom is -0.495 e. The molecule has 8 nitrogen and oxygen atoms in total. The molecule has 1 aliphatic rings. The number of nitrogens with zero attached hydrogens (tertiary/aromatic N) is 1. The van der Waals surface area contributed by atoms with Crippen LogP contribution in [0.25, 0.3) is 0 Å². The zero-order chi connectivity index (χ0) is 20.1. The van der Waals surface area contributed by atoms with Crippen LogP contribution in [0.15, 0.2) is 48.5 Å². The highest BCUT2D eigenvalue weighted by molar-refractivity contribution is 6.21.